The zero-order valence-corrected chi connectivity index (χ0v) is 13.0. The summed E-state index contributed by atoms with van der Waals surface area (Å²) in [4.78, 5) is 35.1. The van der Waals surface area contributed by atoms with Crippen molar-refractivity contribution in [3.8, 4) is 0 Å². The second kappa shape index (κ2) is 5.92. The van der Waals surface area contributed by atoms with Crippen molar-refractivity contribution in [3.63, 3.8) is 0 Å². The van der Waals surface area contributed by atoms with Crippen LogP contribution in [0.15, 0.2) is 52.5 Å². The van der Waals surface area contributed by atoms with Crippen molar-refractivity contribution >= 4 is 16.9 Å². The number of carbonyl (C=O) groups is 1. The van der Waals surface area contributed by atoms with Crippen LogP contribution in [0.2, 0.25) is 0 Å². The number of piperidine rings is 1. The van der Waals surface area contributed by atoms with Gasteiger partial charge in [-0.15, -0.1) is 0 Å². The molecule has 7 nitrogen and oxygen atoms in total. The maximum Gasteiger partial charge on any atom is 0.263 e. The van der Waals surface area contributed by atoms with Crippen LogP contribution in [0.25, 0.3) is 11.0 Å². The highest BCUT2D eigenvalue weighted by atomic mass is 16.3. The topological polar surface area (TPSA) is 81.2 Å². The van der Waals surface area contributed by atoms with Gasteiger partial charge in [0.25, 0.3) is 11.5 Å². The Bertz CT molecular complexity index is 924. The van der Waals surface area contributed by atoms with E-state index in [1.54, 1.807) is 40.2 Å². The molecule has 0 aliphatic carbocycles. The molecule has 1 aliphatic heterocycles. The number of likely N-dealkylation sites (tertiary alicyclic amines) is 1. The Labute approximate surface area is 137 Å². The quantitative estimate of drug-likeness (QED) is 0.719. The fourth-order valence-corrected chi connectivity index (χ4v) is 3.15. The van der Waals surface area contributed by atoms with Crippen LogP contribution < -0.4 is 5.56 Å². The number of carbonyl (C=O) groups excluding carboxylic acids is 1. The van der Waals surface area contributed by atoms with Gasteiger partial charge in [0.1, 0.15) is 12.6 Å². The van der Waals surface area contributed by atoms with E-state index < -0.39 is 0 Å². The van der Waals surface area contributed by atoms with Crippen LogP contribution in [-0.2, 0) is 0 Å². The average Bonchev–Trinajstić information content (AvgIpc) is 3.17. The average molecular weight is 324 g/mol. The fourth-order valence-electron chi connectivity index (χ4n) is 3.15. The number of hydrogen-bond acceptors (Lipinski definition) is 5. The lowest BCUT2D eigenvalue weighted by Crippen LogP contribution is -2.40. The molecule has 0 unspecified atom stereocenters. The van der Waals surface area contributed by atoms with Crippen LogP contribution in [0.3, 0.4) is 0 Å². The molecule has 1 amide bonds. The summed E-state index contributed by atoms with van der Waals surface area (Å²) >= 11 is 0. The minimum atomic E-state index is -0.0762. The normalized spacial score (nSPS) is 15.8. The van der Waals surface area contributed by atoms with Crippen molar-refractivity contribution in [1.82, 2.24) is 19.4 Å². The number of hydrogen-bond donors (Lipinski definition) is 0. The van der Waals surface area contributed by atoms with Crippen LogP contribution in [0.4, 0.5) is 0 Å². The minimum Gasteiger partial charge on any atom is -0.472 e. The SMILES string of the molecule is O=C(c1ccoc1)N1CCC(n2cnc3ncccc3c2=O)CC1. The fraction of sp³-hybridized carbons (Fsp3) is 0.294. The highest BCUT2D eigenvalue weighted by Gasteiger charge is 2.26. The summed E-state index contributed by atoms with van der Waals surface area (Å²) in [6.45, 7) is 1.21. The Kier molecular flexibility index (Phi) is 3.60. The van der Waals surface area contributed by atoms with Crippen LogP contribution in [0.1, 0.15) is 29.2 Å². The molecule has 0 radical (unpaired) electrons. The van der Waals surface area contributed by atoms with Crippen LogP contribution >= 0.6 is 0 Å². The molecule has 1 saturated heterocycles. The van der Waals surface area contributed by atoms with Crippen LogP contribution in [0.5, 0.6) is 0 Å². The second-order valence-electron chi connectivity index (χ2n) is 5.87. The molecule has 4 heterocycles. The number of fused-ring (bicyclic) bond motifs is 1. The molecule has 122 valence electrons. The first-order valence-electron chi connectivity index (χ1n) is 7.87. The summed E-state index contributed by atoms with van der Waals surface area (Å²) in [6, 6.07) is 5.19. The van der Waals surface area contributed by atoms with Gasteiger partial charge in [0.15, 0.2) is 5.65 Å². The third-order valence-electron chi connectivity index (χ3n) is 4.47. The summed E-state index contributed by atoms with van der Waals surface area (Å²) in [7, 11) is 0. The van der Waals surface area contributed by atoms with E-state index in [1.807, 2.05) is 0 Å². The zero-order chi connectivity index (χ0) is 16.5. The number of nitrogens with zero attached hydrogens (tertiary/aromatic N) is 4. The maximum absolute atomic E-state index is 12.6. The lowest BCUT2D eigenvalue weighted by atomic mass is 10.0. The van der Waals surface area contributed by atoms with E-state index >= 15 is 0 Å². The lowest BCUT2D eigenvalue weighted by Gasteiger charge is -2.32. The molecule has 0 spiro atoms. The molecule has 7 heteroatoms. The number of pyridine rings is 1. The molecular formula is C17H16N4O3. The Morgan fingerprint density at radius 2 is 2.04 bits per heavy atom. The molecule has 0 bridgehead atoms. The van der Waals surface area contributed by atoms with E-state index in [-0.39, 0.29) is 17.5 Å². The molecule has 3 aromatic rings. The third kappa shape index (κ3) is 2.47. The monoisotopic (exact) mass is 324 g/mol. The summed E-state index contributed by atoms with van der Waals surface area (Å²) in [5, 5.41) is 0.525. The summed E-state index contributed by atoms with van der Waals surface area (Å²) in [6.07, 6.45) is 7.58. The van der Waals surface area contributed by atoms with Gasteiger partial charge < -0.3 is 9.32 Å². The molecule has 0 atom stereocenters. The Balaban J connectivity index is 1.53. The van der Waals surface area contributed by atoms with E-state index in [9.17, 15) is 9.59 Å². The van der Waals surface area contributed by atoms with Gasteiger partial charge in [0, 0.05) is 25.3 Å². The first kappa shape index (κ1) is 14.6. The number of rotatable bonds is 2. The van der Waals surface area contributed by atoms with E-state index in [2.05, 4.69) is 9.97 Å². The lowest BCUT2D eigenvalue weighted by molar-refractivity contribution is 0.0692. The van der Waals surface area contributed by atoms with Crippen molar-refractivity contribution in [3.05, 3.63) is 59.2 Å². The predicted octanol–water partition coefficient (Wildman–Crippen LogP) is 1.86. The van der Waals surface area contributed by atoms with Crippen molar-refractivity contribution in [2.75, 3.05) is 13.1 Å². The van der Waals surface area contributed by atoms with E-state index in [0.717, 1.165) is 12.8 Å². The molecule has 0 saturated carbocycles. The Morgan fingerprint density at radius 3 is 2.79 bits per heavy atom. The van der Waals surface area contributed by atoms with Crippen molar-refractivity contribution < 1.29 is 9.21 Å². The van der Waals surface area contributed by atoms with Gasteiger partial charge in [-0.1, -0.05) is 0 Å². The standard InChI is InChI=1S/C17H16N4O3/c22-16(12-5-9-24-10-12)20-7-3-13(4-8-20)21-11-19-15-14(17(21)23)2-1-6-18-15/h1-2,5-6,9-11,13H,3-4,7-8H2. The van der Waals surface area contributed by atoms with Crippen molar-refractivity contribution in [2.45, 2.75) is 18.9 Å². The highest BCUT2D eigenvalue weighted by Crippen LogP contribution is 2.22. The van der Waals surface area contributed by atoms with Gasteiger partial charge in [0.05, 0.1) is 17.2 Å². The smallest absolute Gasteiger partial charge is 0.263 e. The number of aromatic nitrogens is 3. The van der Waals surface area contributed by atoms with Gasteiger partial charge in [-0.3, -0.25) is 14.2 Å². The first-order chi connectivity index (χ1) is 11.7. The Morgan fingerprint density at radius 1 is 1.21 bits per heavy atom. The van der Waals surface area contributed by atoms with Crippen LogP contribution in [0, 0.1) is 0 Å². The van der Waals surface area contributed by atoms with Gasteiger partial charge >= 0.3 is 0 Å². The number of furan rings is 1. The predicted molar refractivity (Wildman–Crippen MR) is 86.7 cm³/mol. The first-order valence-corrected chi connectivity index (χ1v) is 7.87. The van der Waals surface area contributed by atoms with Gasteiger partial charge in [-0.2, -0.15) is 0 Å². The van der Waals surface area contributed by atoms with E-state index in [4.69, 9.17) is 4.42 Å². The second-order valence-corrected chi connectivity index (χ2v) is 5.87. The summed E-state index contributed by atoms with van der Waals surface area (Å²) in [5.74, 6) is -0.0321. The minimum absolute atomic E-state index is 0.0321. The van der Waals surface area contributed by atoms with Crippen LogP contribution in [-0.4, -0.2) is 38.4 Å². The van der Waals surface area contributed by atoms with Gasteiger partial charge in [0.2, 0.25) is 0 Å². The zero-order valence-electron chi connectivity index (χ0n) is 13.0. The Hall–Kier alpha value is -2.96. The number of amides is 1. The molecule has 24 heavy (non-hydrogen) atoms. The van der Waals surface area contributed by atoms with Crippen molar-refractivity contribution in [2.24, 2.45) is 0 Å². The molecule has 0 aromatic carbocycles. The molecule has 4 rings (SSSR count). The summed E-state index contributed by atoms with van der Waals surface area (Å²) in [5.41, 5.74) is 0.947. The van der Waals surface area contributed by atoms with Gasteiger partial charge in [-0.05, 0) is 31.0 Å². The molecular weight excluding hydrogens is 308 g/mol. The van der Waals surface area contributed by atoms with Crippen molar-refractivity contribution in [1.29, 1.82) is 0 Å². The summed E-state index contributed by atoms with van der Waals surface area (Å²) < 4.78 is 6.64. The van der Waals surface area contributed by atoms with E-state index in [1.165, 1.54) is 12.5 Å². The molecule has 1 aliphatic rings. The van der Waals surface area contributed by atoms with Gasteiger partial charge in [-0.25, -0.2) is 9.97 Å². The highest BCUT2D eigenvalue weighted by molar-refractivity contribution is 5.93. The largest absolute Gasteiger partial charge is 0.472 e. The molecule has 1 fully saturated rings. The molecule has 3 aromatic heterocycles. The maximum atomic E-state index is 12.6. The molecule has 0 N–H and O–H groups in total. The third-order valence-corrected chi connectivity index (χ3v) is 4.47. The van der Waals surface area contributed by atoms with E-state index in [0.29, 0.717) is 29.7 Å².